The van der Waals surface area contributed by atoms with Crippen molar-refractivity contribution in [3.05, 3.63) is 11.1 Å². The molecule has 97 heavy (non-hydrogen) atoms. The van der Waals surface area contributed by atoms with E-state index in [1.165, 1.54) is 11.3 Å². The number of anilines is 1. The summed E-state index contributed by atoms with van der Waals surface area (Å²) in [6.45, 7) is 58.8. The number of hydrogen-bond acceptors (Lipinski definition) is 20. The molecule has 568 valence electrons. The molecule has 0 radical (unpaired) electrons. The highest BCUT2D eigenvalue weighted by molar-refractivity contribution is 7.15. The minimum absolute atomic E-state index is 0. The topological polar surface area (TPSA) is 376 Å². The number of carbonyl (C=O) groups is 12. The highest BCUT2D eigenvalue weighted by Gasteiger charge is 2.36. The fourth-order valence-electron chi connectivity index (χ4n) is 6.83. The standard InChI is InChI=1S/C15H26O5.C12H23NO3.2C11H20O3.C9H14N2OS.C8H17NO.C7H15NO.CH4/c1-14(2,3)11(16)7-8-12(17)19-9-10-20-13(18)15(4,5)6;1-11(2,3)9(14)7-8-13-10(15)16-12(4,5)6;1-10(2,3)8(12)6-11(4,5)7-9(13)14;1-10(2,3)9(14)11(4,5)7-6-8(12)13;1-9(2,3)7(12)4-6-5-11-8(10)13-6;1-8(2,3)7(10)5-4-6-9;1-7(2,3)6(9)4-5-8;/h7-10H2,1-6H3;7-8H2,1-6H3,(H,13,15);6-7H2,1-5H3,(H,13,14);6-7H2,1-5H3,(H,12,13);5H,4H2,1-3H3,(H2,10,11);4-6,9H2,1-3H3;4-5,8H2,1-3H3;1H4. The summed E-state index contributed by atoms with van der Waals surface area (Å²) in [5, 5.41) is 20.3. The normalized spacial score (nSPS) is 11.9. The number of carboxylic acid groups (broad SMARTS) is 2. The number of alkyl carbamates (subject to hydrolysis) is 1. The third-order valence-corrected chi connectivity index (χ3v) is 14.0. The Hall–Kier alpha value is -5.81. The van der Waals surface area contributed by atoms with Crippen molar-refractivity contribution < 1.29 is 82.0 Å². The highest BCUT2D eigenvalue weighted by Crippen LogP contribution is 2.33. The SMILES string of the molecule is C.CC(C)(C)C(=O)C(C)(C)CCC(=O)O.CC(C)(C)C(=O)CCC(=O)OCCOC(=O)C(C)(C)C.CC(C)(C)C(=O)CCCN.CC(C)(C)C(=O)CCN.CC(C)(C)C(=O)Cc1cnc(N)s1.CC(C)(C)OC(=O)NCCC(=O)C(C)(C)C.CC(C)(CC(=O)O)CC(=O)C(C)(C)C. The fraction of sp³-hybridized carbons (Fsp3) is 0.797. The van der Waals surface area contributed by atoms with E-state index < -0.39 is 56.7 Å². The summed E-state index contributed by atoms with van der Waals surface area (Å²) in [7, 11) is 0. The minimum Gasteiger partial charge on any atom is -0.481 e. The summed E-state index contributed by atoms with van der Waals surface area (Å²) in [5.74, 6) is -1.34. The smallest absolute Gasteiger partial charge is 0.407 e. The van der Waals surface area contributed by atoms with Crippen LogP contribution in [0, 0.1) is 54.1 Å². The molecule has 0 aliphatic heterocycles. The number of carboxylic acids is 2. The van der Waals surface area contributed by atoms with Gasteiger partial charge in [0.1, 0.15) is 59.3 Å². The number of aromatic nitrogens is 1. The zero-order valence-electron chi connectivity index (χ0n) is 65.5. The molecule has 0 unspecified atom stereocenters. The fourth-order valence-corrected chi connectivity index (χ4v) is 7.51. The molecule has 0 aromatic carbocycles. The van der Waals surface area contributed by atoms with Crippen LogP contribution < -0.4 is 22.5 Å². The maximum atomic E-state index is 11.9. The number of nitrogens with two attached hydrogens (primary N) is 3. The van der Waals surface area contributed by atoms with E-state index in [4.69, 9.17) is 41.6 Å². The third-order valence-electron chi connectivity index (χ3n) is 13.2. The molecule has 0 bridgehead atoms. The molecule has 0 aliphatic carbocycles. The second-order valence-electron chi connectivity index (χ2n) is 34.4. The first kappa shape index (κ1) is 105. The number of nitrogen functional groups attached to an aromatic ring is 1. The molecule has 0 aliphatic rings. The second kappa shape index (κ2) is 45.8. The van der Waals surface area contributed by atoms with Gasteiger partial charge in [-0.1, -0.05) is 181 Å². The van der Waals surface area contributed by atoms with Gasteiger partial charge in [0.2, 0.25) is 0 Å². The summed E-state index contributed by atoms with van der Waals surface area (Å²) in [6.07, 6.45) is 4.96. The minimum atomic E-state index is -0.850. The molecule has 0 spiro atoms. The summed E-state index contributed by atoms with van der Waals surface area (Å²) in [6, 6.07) is 0. The van der Waals surface area contributed by atoms with E-state index in [-0.39, 0.29) is 114 Å². The van der Waals surface area contributed by atoms with Crippen molar-refractivity contribution in [3.8, 4) is 0 Å². The molecule has 0 saturated carbocycles. The van der Waals surface area contributed by atoms with Crippen LogP contribution in [0.2, 0.25) is 0 Å². The Kier molecular flexibility index (Phi) is 49.4. The zero-order valence-corrected chi connectivity index (χ0v) is 66.3. The first-order valence-electron chi connectivity index (χ1n) is 33.0. The predicted molar refractivity (Wildman–Crippen MR) is 391 cm³/mol. The number of aliphatic carboxylic acids is 2. The number of nitrogens with zero attached hydrogens (tertiary/aromatic N) is 1. The summed E-state index contributed by atoms with van der Waals surface area (Å²) >= 11 is 1.38. The van der Waals surface area contributed by atoms with Gasteiger partial charge >= 0.3 is 30.0 Å². The van der Waals surface area contributed by atoms with Crippen LogP contribution in [0.3, 0.4) is 0 Å². The van der Waals surface area contributed by atoms with E-state index >= 15 is 0 Å². The van der Waals surface area contributed by atoms with Gasteiger partial charge in [-0.2, -0.15) is 0 Å². The van der Waals surface area contributed by atoms with E-state index in [0.717, 1.165) is 11.3 Å². The molecule has 0 fully saturated rings. The van der Waals surface area contributed by atoms with Crippen molar-refractivity contribution in [2.45, 2.75) is 298 Å². The molecule has 0 saturated heterocycles. The summed E-state index contributed by atoms with van der Waals surface area (Å²) in [4.78, 5) is 140. The summed E-state index contributed by atoms with van der Waals surface area (Å²) in [5.41, 5.74) is 11.6. The van der Waals surface area contributed by atoms with Crippen LogP contribution in [0.15, 0.2) is 6.20 Å². The van der Waals surface area contributed by atoms with Gasteiger partial charge in [0.15, 0.2) is 5.13 Å². The number of hydrogen-bond donors (Lipinski definition) is 6. The largest absolute Gasteiger partial charge is 0.481 e. The van der Waals surface area contributed by atoms with Crippen molar-refractivity contribution in [2.75, 3.05) is 38.6 Å². The van der Waals surface area contributed by atoms with Gasteiger partial charge in [-0.3, -0.25) is 52.7 Å². The first-order valence-corrected chi connectivity index (χ1v) is 33.8. The number of rotatable bonds is 24. The lowest BCUT2D eigenvalue weighted by molar-refractivity contribution is -0.158. The quantitative estimate of drug-likeness (QED) is 0.0318. The Morgan fingerprint density at radius 3 is 1.20 bits per heavy atom. The van der Waals surface area contributed by atoms with E-state index in [9.17, 15) is 57.5 Å². The molecule has 9 N–H and O–H groups in total. The molecule has 1 rings (SSSR count). The number of amides is 1. The van der Waals surface area contributed by atoms with Gasteiger partial charge in [0.05, 0.1) is 18.3 Å². The van der Waals surface area contributed by atoms with Crippen LogP contribution in [0.1, 0.15) is 291 Å². The van der Waals surface area contributed by atoms with Crippen LogP contribution in [0.4, 0.5) is 9.93 Å². The highest BCUT2D eigenvalue weighted by atomic mass is 32.1. The van der Waals surface area contributed by atoms with Crippen molar-refractivity contribution in [1.29, 1.82) is 0 Å². The lowest BCUT2D eigenvalue weighted by Crippen LogP contribution is -2.35. The molecule has 1 amide bonds. The number of ether oxygens (including phenoxy) is 3. The van der Waals surface area contributed by atoms with Crippen LogP contribution in [-0.2, 0) is 73.4 Å². The molecule has 1 aromatic heterocycles. The van der Waals surface area contributed by atoms with Crippen molar-refractivity contribution >= 4 is 86.9 Å². The monoisotopic (exact) mass is 1400 g/mol. The van der Waals surface area contributed by atoms with Gasteiger partial charge in [-0.05, 0) is 72.9 Å². The zero-order chi connectivity index (χ0) is 77.8. The Bertz CT molecular complexity index is 2590. The molecular formula is C74H139N5O17S. The van der Waals surface area contributed by atoms with Gasteiger partial charge in [0, 0.05) is 106 Å². The van der Waals surface area contributed by atoms with Crippen LogP contribution in [0.5, 0.6) is 0 Å². The van der Waals surface area contributed by atoms with E-state index in [1.807, 2.05) is 173 Å². The summed E-state index contributed by atoms with van der Waals surface area (Å²) < 4.78 is 14.9. The average molecular weight is 1400 g/mol. The van der Waals surface area contributed by atoms with Crippen molar-refractivity contribution in [1.82, 2.24) is 10.3 Å². The number of thiazole rings is 1. The van der Waals surface area contributed by atoms with Crippen LogP contribution in [0.25, 0.3) is 0 Å². The first-order chi connectivity index (χ1) is 42.4. The third kappa shape index (κ3) is 61.1. The number of ketones is 7. The van der Waals surface area contributed by atoms with E-state index in [2.05, 4.69) is 10.3 Å². The number of esters is 2. The number of Topliss-reactive ketones (excluding diaryl/α,β-unsaturated/α-hetero) is 7. The average Bonchev–Trinajstić information content (AvgIpc) is 1.32. The Labute approximate surface area is 590 Å². The maximum Gasteiger partial charge on any atom is 0.407 e. The van der Waals surface area contributed by atoms with Gasteiger partial charge in [-0.15, -0.1) is 11.3 Å². The van der Waals surface area contributed by atoms with Gasteiger partial charge < -0.3 is 46.9 Å². The maximum absolute atomic E-state index is 11.9. The lowest BCUT2D eigenvalue weighted by atomic mass is 9.72. The molecular weight excluding hydrogens is 1260 g/mol. The van der Waals surface area contributed by atoms with Crippen LogP contribution >= 0.6 is 11.3 Å². The van der Waals surface area contributed by atoms with E-state index in [0.29, 0.717) is 69.1 Å². The Morgan fingerprint density at radius 2 is 0.866 bits per heavy atom. The van der Waals surface area contributed by atoms with Gasteiger partial charge in [0.25, 0.3) is 0 Å². The molecule has 22 nitrogen and oxygen atoms in total. The van der Waals surface area contributed by atoms with E-state index in [1.54, 1.807) is 47.7 Å². The lowest BCUT2D eigenvalue weighted by Gasteiger charge is -2.30. The Morgan fingerprint density at radius 1 is 0.464 bits per heavy atom. The van der Waals surface area contributed by atoms with Gasteiger partial charge in [-0.25, -0.2) is 9.78 Å². The molecule has 0 atom stereocenters. The predicted octanol–water partition coefficient (Wildman–Crippen LogP) is 14.8. The molecule has 1 heterocycles. The van der Waals surface area contributed by atoms with Crippen molar-refractivity contribution in [2.24, 2.45) is 65.6 Å². The number of nitrogens with one attached hydrogen (secondary N) is 1. The van der Waals surface area contributed by atoms with Crippen LogP contribution in [-0.4, -0.2) is 124 Å². The number of carbonyl (C=O) groups excluding carboxylic acids is 10. The van der Waals surface area contributed by atoms with Crippen molar-refractivity contribution in [3.63, 3.8) is 0 Å². The molecule has 23 heteroatoms. The Balaban J connectivity index is -0.000000197. The molecule has 1 aromatic rings. The second-order valence-corrected chi connectivity index (χ2v) is 35.5.